The predicted octanol–water partition coefficient (Wildman–Crippen LogP) is 4.73. The Bertz CT molecular complexity index is 1120. The number of anilines is 2. The van der Waals surface area contributed by atoms with Gasteiger partial charge in [-0.05, 0) is 55.5 Å². The van der Waals surface area contributed by atoms with Crippen molar-refractivity contribution in [3.05, 3.63) is 54.1 Å². The van der Waals surface area contributed by atoms with Gasteiger partial charge in [-0.2, -0.15) is 0 Å². The largest absolute Gasteiger partial charge is 0.274 e. The second kappa shape index (κ2) is 9.46. The lowest BCUT2D eigenvalue weighted by Gasteiger charge is -2.21. The maximum absolute atomic E-state index is 13.3. The number of nitrogens with zero attached hydrogens (tertiary/aromatic N) is 3. The monoisotopic (exact) mass is 457 g/mol. The molecule has 0 saturated carbocycles. The van der Waals surface area contributed by atoms with Crippen molar-refractivity contribution in [1.29, 1.82) is 0 Å². The Hall–Kier alpha value is -2.29. The van der Waals surface area contributed by atoms with Crippen LogP contribution in [0.15, 0.2) is 48.5 Å². The molecule has 0 aliphatic carbocycles. The standard InChI is InChI=1S/C23H27N3O3S2/c1-2-18-11-13-19(14-12-18)26(23-24-20-8-3-4-9-21(20)30-23)22(27)10-7-17-31(28,29)25-15-5-6-16-25/h3-4,8-9,11-14H,2,5-7,10,15-17H2,1H3. The van der Waals surface area contributed by atoms with E-state index in [0.29, 0.717) is 24.6 Å². The number of thiazole rings is 1. The zero-order valence-corrected chi connectivity index (χ0v) is 19.3. The summed E-state index contributed by atoms with van der Waals surface area (Å²) in [7, 11) is -3.29. The van der Waals surface area contributed by atoms with Crippen LogP contribution < -0.4 is 4.90 Å². The smallest absolute Gasteiger partial charge is 0.233 e. The molecule has 0 spiro atoms. The zero-order valence-electron chi connectivity index (χ0n) is 17.7. The second-order valence-corrected chi connectivity index (χ2v) is 10.8. The van der Waals surface area contributed by atoms with Crippen LogP contribution in [-0.2, 0) is 21.2 Å². The molecule has 0 unspecified atom stereocenters. The third-order valence-corrected chi connectivity index (χ3v) is 8.56. The van der Waals surface area contributed by atoms with Crippen LogP contribution in [0.3, 0.4) is 0 Å². The zero-order chi connectivity index (χ0) is 21.8. The highest BCUT2D eigenvalue weighted by Gasteiger charge is 2.26. The van der Waals surface area contributed by atoms with E-state index in [1.165, 1.54) is 16.9 Å². The van der Waals surface area contributed by atoms with Gasteiger partial charge in [0.15, 0.2) is 5.13 Å². The fourth-order valence-corrected chi connectivity index (χ4v) is 6.40. The maximum atomic E-state index is 13.3. The minimum absolute atomic E-state index is 0.00119. The molecular weight excluding hydrogens is 430 g/mol. The van der Waals surface area contributed by atoms with Gasteiger partial charge in [-0.1, -0.05) is 42.5 Å². The van der Waals surface area contributed by atoms with Gasteiger partial charge in [0.1, 0.15) is 0 Å². The molecule has 1 aromatic heterocycles. The summed E-state index contributed by atoms with van der Waals surface area (Å²) in [6, 6.07) is 15.7. The number of rotatable bonds is 8. The first-order valence-electron chi connectivity index (χ1n) is 10.7. The molecule has 1 aliphatic heterocycles. The minimum Gasteiger partial charge on any atom is -0.274 e. The molecule has 8 heteroatoms. The van der Waals surface area contributed by atoms with Crippen molar-refractivity contribution in [3.63, 3.8) is 0 Å². The average molecular weight is 458 g/mol. The van der Waals surface area contributed by atoms with E-state index in [0.717, 1.165) is 35.2 Å². The number of benzene rings is 2. The molecule has 164 valence electrons. The number of sulfonamides is 1. The third-order valence-electron chi connectivity index (χ3n) is 5.58. The molecule has 1 fully saturated rings. The van der Waals surface area contributed by atoms with Gasteiger partial charge < -0.3 is 0 Å². The topological polar surface area (TPSA) is 70.6 Å². The van der Waals surface area contributed by atoms with E-state index >= 15 is 0 Å². The summed E-state index contributed by atoms with van der Waals surface area (Å²) >= 11 is 1.47. The summed E-state index contributed by atoms with van der Waals surface area (Å²) in [6.45, 7) is 3.28. The number of fused-ring (bicyclic) bond motifs is 1. The summed E-state index contributed by atoms with van der Waals surface area (Å²) in [4.78, 5) is 19.6. The third kappa shape index (κ3) is 4.97. The Morgan fingerprint density at radius 3 is 2.48 bits per heavy atom. The Labute approximate surface area is 187 Å². The summed E-state index contributed by atoms with van der Waals surface area (Å²) in [6.07, 6.45) is 3.20. The van der Waals surface area contributed by atoms with Crippen LogP contribution in [0.4, 0.5) is 10.8 Å². The van der Waals surface area contributed by atoms with Crippen molar-refractivity contribution < 1.29 is 13.2 Å². The molecule has 2 aromatic carbocycles. The second-order valence-electron chi connectivity index (χ2n) is 7.74. The number of hydrogen-bond donors (Lipinski definition) is 0. The molecule has 0 N–H and O–H groups in total. The number of amides is 1. The molecular formula is C23H27N3O3S2. The maximum Gasteiger partial charge on any atom is 0.233 e. The molecule has 3 aromatic rings. The van der Waals surface area contributed by atoms with Gasteiger partial charge in [0.25, 0.3) is 0 Å². The Kier molecular flexibility index (Phi) is 6.69. The van der Waals surface area contributed by atoms with E-state index in [2.05, 4.69) is 11.9 Å². The number of aryl methyl sites for hydroxylation is 1. The highest BCUT2D eigenvalue weighted by atomic mass is 32.2. The van der Waals surface area contributed by atoms with E-state index in [4.69, 9.17) is 0 Å². The number of para-hydroxylation sites is 1. The van der Waals surface area contributed by atoms with E-state index in [-0.39, 0.29) is 18.1 Å². The van der Waals surface area contributed by atoms with E-state index in [1.807, 2.05) is 48.5 Å². The van der Waals surface area contributed by atoms with Crippen molar-refractivity contribution in [1.82, 2.24) is 9.29 Å². The average Bonchev–Trinajstić information content (AvgIpc) is 3.45. The van der Waals surface area contributed by atoms with Crippen LogP contribution in [0.2, 0.25) is 0 Å². The Balaban J connectivity index is 1.55. The van der Waals surface area contributed by atoms with Crippen LogP contribution >= 0.6 is 11.3 Å². The van der Waals surface area contributed by atoms with Gasteiger partial charge in [0, 0.05) is 19.5 Å². The van der Waals surface area contributed by atoms with E-state index in [9.17, 15) is 13.2 Å². The van der Waals surface area contributed by atoms with Crippen LogP contribution in [0.5, 0.6) is 0 Å². The van der Waals surface area contributed by atoms with E-state index in [1.54, 1.807) is 9.21 Å². The highest BCUT2D eigenvalue weighted by molar-refractivity contribution is 7.89. The van der Waals surface area contributed by atoms with E-state index < -0.39 is 10.0 Å². The first-order valence-corrected chi connectivity index (χ1v) is 13.2. The van der Waals surface area contributed by atoms with Gasteiger partial charge in [-0.15, -0.1) is 0 Å². The molecule has 31 heavy (non-hydrogen) atoms. The predicted molar refractivity (Wildman–Crippen MR) is 126 cm³/mol. The van der Waals surface area contributed by atoms with Crippen molar-refractivity contribution in [3.8, 4) is 0 Å². The first kappa shape index (κ1) is 21.9. The highest BCUT2D eigenvalue weighted by Crippen LogP contribution is 2.34. The van der Waals surface area contributed by atoms with Gasteiger partial charge in [0.2, 0.25) is 15.9 Å². The Morgan fingerprint density at radius 2 is 1.81 bits per heavy atom. The van der Waals surface area contributed by atoms with Crippen molar-refractivity contribution in [2.75, 3.05) is 23.7 Å². The lowest BCUT2D eigenvalue weighted by molar-refractivity contribution is -0.117. The normalized spacial score (nSPS) is 14.9. The van der Waals surface area contributed by atoms with Crippen LogP contribution in [0.1, 0.15) is 38.2 Å². The number of carbonyl (C=O) groups is 1. The molecule has 2 heterocycles. The summed E-state index contributed by atoms with van der Waals surface area (Å²) in [5.74, 6) is -0.138. The Morgan fingerprint density at radius 1 is 1.10 bits per heavy atom. The fraction of sp³-hybridized carbons (Fsp3) is 0.391. The lowest BCUT2D eigenvalue weighted by atomic mass is 10.1. The molecule has 6 nitrogen and oxygen atoms in total. The van der Waals surface area contributed by atoms with Crippen molar-refractivity contribution in [2.45, 2.75) is 39.0 Å². The van der Waals surface area contributed by atoms with Gasteiger partial charge in [-0.3, -0.25) is 9.69 Å². The van der Waals surface area contributed by atoms with Crippen LogP contribution in [0, 0.1) is 0 Å². The van der Waals surface area contributed by atoms with Gasteiger partial charge in [0.05, 0.1) is 21.7 Å². The molecule has 0 radical (unpaired) electrons. The summed E-state index contributed by atoms with van der Waals surface area (Å²) in [5.41, 5.74) is 2.79. The first-order chi connectivity index (χ1) is 15.0. The number of aromatic nitrogens is 1. The molecule has 0 bridgehead atoms. The SMILES string of the molecule is CCc1ccc(N(C(=O)CCCS(=O)(=O)N2CCCC2)c2nc3ccccc3s2)cc1. The minimum atomic E-state index is -3.29. The van der Waals surface area contributed by atoms with Crippen molar-refractivity contribution >= 4 is 48.3 Å². The van der Waals surface area contributed by atoms with Crippen LogP contribution in [0.25, 0.3) is 10.2 Å². The molecule has 1 amide bonds. The van der Waals surface area contributed by atoms with Crippen molar-refractivity contribution in [2.24, 2.45) is 0 Å². The number of hydrogen-bond acceptors (Lipinski definition) is 5. The van der Waals surface area contributed by atoms with Gasteiger partial charge in [-0.25, -0.2) is 17.7 Å². The summed E-state index contributed by atoms with van der Waals surface area (Å²) in [5, 5.41) is 0.609. The molecule has 1 saturated heterocycles. The number of carbonyl (C=O) groups excluding carboxylic acids is 1. The fourth-order valence-electron chi connectivity index (χ4n) is 3.81. The lowest BCUT2D eigenvalue weighted by Crippen LogP contribution is -2.31. The molecule has 1 aliphatic rings. The summed E-state index contributed by atoms with van der Waals surface area (Å²) < 4.78 is 27.6. The molecule has 4 rings (SSSR count). The quantitative estimate of drug-likeness (QED) is 0.490. The molecule has 0 atom stereocenters. The van der Waals surface area contributed by atoms with Crippen LogP contribution in [-0.4, -0.2) is 42.5 Å². The van der Waals surface area contributed by atoms with Gasteiger partial charge >= 0.3 is 0 Å².